The van der Waals surface area contributed by atoms with Crippen molar-refractivity contribution in [2.24, 2.45) is 0 Å². The summed E-state index contributed by atoms with van der Waals surface area (Å²) in [6.07, 6.45) is 0. The Bertz CT molecular complexity index is 441. The number of nitrogens with zero attached hydrogens (tertiary/aromatic N) is 1. The number of benzene rings is 1. The molecule has 0 radical (unpaired) electrons. The van der Waals surface area contributed by atoms with Crippen LogP contribution in [0.15, 0.2) is 18.2 Å². The summed E-state index contributed by atoms with van der Waals surface area (Å²) in [5.41, 5.74) is 0.393. The molecule has 5 heteroatoms. The first-order valence-corrected chi connectivity index (χ1v) is 4.37. The predicted molar refractivity (Wildman–Crippen MR) is 52.3 cm³/mol. The van der Waals surface area contributed by atoms with Gasteiger partial charge in [-0.1, -0.05) is 6.07 Å². The molecule has 1 N–H and O–H groups in total. The van der Waals surface area contributed by atoms with E-state index in [1.54, 1.807) is 12.1 Å². The minimum atomic E-state index is -1.07. The van der Waals surface area contributed by atoms with Gasteiger partial charge in [-0.05, 0) is 12.1 Å². The molecule has 0 saturated carbocycles. The van der Waals surface area contributed by atoms with Crippen LogP contribution in [0.5, 0.6) is 5.75 Å². The number of hydrogen-bond acceptors (Lipinski definition) is 3. The van der Waals surface area contributed by atoms with E-state index in [0.717, 1.165) is 0 Å². The number of ether oxygens (including phenoxy) is 1. The summed E-state index contributed by atoms with van der Waals surface area (Å²) in [5, 5.41) is 8.95. The summed E-state index contributed by atoms with van der Waals surface area (Å²) in [6.45, 7) is -0.0490. The van der Waals surface area contributed by atoms with Crippen LogP contribution in [0.4, 0.5) is 5.69 Å². The van der Waals surface area contributed by atoms with Crippen molar-refractivity contribution in [1.29, 1.82) is 0 Å². The molecule has 0 unspecified atom stereocenters. The minimum absolute atomic E-state index is 0.0490. The van der Waals surface area contributed by atoms with Crippen LogP contribution in [0.3, 0.4) is 0 Å². The second kappa shape index (κ2) is 3.27. The van der Waals surface area contributed by atoms with Crippen molar-refractivity contribution in [2.45, 2.75) is 0 Å². The number of aromatic carboxylic acids is 1. The number of likely N-dealkylation sites (N-methyl/N-ethyl adjacent to an activating group) is 1. The highest BCUT2D eigenvalue weighted by atomic mass is 16.5. The van der Waals surface area contributed by atoms with Crippen LogP contribution in [0.25, 0.3) is 0 Å². The van der Waals surface area contributed by atoms with Gasteiger partial charge in [-0.3, -0.25) is 4.79 Å². The molecule has 1 aliphatic heterocycles. The third-order valence-electron chi connectivity index (χ3n) is 2.29. The number of fused-ring (bicyclic) bond motifs is 1. The Morgan fingerprint density at radius 1 is 1.53 bits per heavy atom. The maximum Gasteiger partial charge on any atom is 0.337 e. The van der Waals surface area contributed by atoms with Crippen LogP contribution in [0, 0.1) is 0 Å². The fraction of sp³-hybridized carbons (Fsp3) is 0.200. The number of carbonyl (C=O) groups is 2. The fourth-order valence-corrected chi connectivity index (χ4v) is 1.52. The lowest BCUT2D eigenvalue weighted by molar-refractivity contribution is -0.120. The lowest BCUT2D eigenvalue weighted by atomic mass is 10.1. The normalized spacial score (nSPS) is 14.5. The Labute approximate surface area is 85.9 Å². The summed E-state index contributed by atoms with van der Waals surface area (Å²) in [4.78, 5) is 23.6. The van der Waals surface area contributed by atoms with Gasteiger partial charge in [-0.15, -0.1) is 0 Å². The maximum absolute atomic E-state index is 11.3. The molecule has 15 heavy (non-hydrogen) atoms. The number of carboxylic acid groups (broad SMARTS) is 1. The highest BCUT2D eigenvalue weighted by molar-refractivity contribution is 6.05. The van der Waals surface area contributed by atoms with Crippen molar-refractivity contribution in [3.05, 3.63) is 23.8 Å². The quantitative estimate of drug-likeness (QED) is 0.737. The van der Waals surface area contributed by atoms with Gasteiger partial charge in [-0.25, -0.2) is 4.79 Å². The first-order valence-electron chi connectivity index (χ1n) is 4.37. The summed E-state index contributed by atoms with van der Waals surface area (Å²) >= 11 is 0. The highest BCUT2D eigenvalue weighted by Crippen LogP contribution is 2.34. The summed E-state index contributed by atoms with van der Waals surface area (Å²) in [6, 6.07) is 4.68. The number of hydrogen-bond donors (Lipinski definition) is 1. The van der Waals surface area contributed by atoms with Gasteiger partial charge in [0.05, 0.1) is 5.56 Å². The molecule has 1 amide bonds. The van der Waals surface area contributed by atoms with Gasteiger partial charge in [-0.2, -0.15) is 0 Å². The Kier molecular flexibility index (Phi) is 2.07. The van der Waals surface area contributed by atoms with Crippen molar-refractivity contribution >= 4 is 17.6 Å². The molecule has 0 aliphatic carbocycles. The number of carboxylic acids is 1. The molecule has 1 aromatic rings. The molecule has 5 nitrogen and oxygen atoms in total. The molecule has 0 fully saturated rings. The molecule has 78 valence electrons. The van der Waals surface area contributed by atoms with E-state index in [1.807, 2.05) is 0 Å². The monoisotopic (exact) mass is 207 g/mol. The smallest absolute Gasteiger partial charge is 0.337 e. The van der Waals surface area contributed by atoms with Crippen LogP contribution in [0.1, 0.15) is 10.4 Å². The van der Waals surface area contributed by atoms with Crippen molar-refractivity contribution in [3.63, 3.8) is 0 Å². The van der Waals surface area contributed by atoms with Crippen molar-refractivity contribution in [2.75, 3.05) is 18.6 Å². The Morgan fingerprint density at radius 3 is 2.93 bits per heavy atom. The van der Waals surface area contributed by atoms with E-state index >= 15 is 0 Å². The first-order chi connectivity index (χ1) is 7.11. The van der Waals surface area contributed by atoms with Gasteiger partial charge >= 0.3 is 5.97 Å². The fourth-order valence-electron chi connectivity index (χ4n) is 1.52. The zero-order valence-electron chi connectivity index (χ0n) is 8.06. The van der Waals surface area contributed by atoms with E-state index in [9.17, 15) is 9.59 Å². The number of rotatable bonds is 1. The third-order valence-corrected chi connectivity index (χ3v) is 2.29. The zero-order valence-corrected chi connectivity index (χ0v) is 8.06. The number of anilines is 1. The molecule has 0 spiro atoms. The van der Waals surface area contributed by atoms with E-state index in [4.69, 9.17) is 9.84 Å². The molecule has 0 saturated heterocycles. The number of carbonyl (C=O) groups excluding carboxylic acids is 1. The van der Waals surface area contributed by atoms with Crippen molar-refractivity contribution < 1.29 is 19.4 Å². The minimum Gasteiger partial charge on any atom is -0.482 e. The molecule has 0 bridgehead atoms. The van der Waals surface area contributed by atoms with Crippen LogP contribution in [-0.2, 0) is 4.79 Å². The number of para-hydroxylation sites is 1. The lowest BCUT2D eigenvalue weighted by Gasteiger charge is -2.27. The van der Waals surface area contributed by atoms with Crippen LogP contribution >= 0.6 is 0 Å². The average Bonchev–Trinajstić information content (AvgIpc) is 2.23. The van der Waals surface area contributed by atoms with E-state index < -0.39 is 5.97 Å². The summed E-state index contributed by atoms with van der Waals surface area (Å²) in [7, 11) is 1.54. The molecule has 1 aliphatic rings. The van der Waals surface area contributed by atoms with Crippen molar-refractivity contribution in [1.82, 2.24) is 0 Å². The second-order valence-corrected chi connectivity index (χ2v) is 3.20. The van der Waals surface area contributed by atoms with Crippen molar-refractivity contribution in [3.8, 4) is 5.75 Å². The van der Waals surface area contributed by atoms with Gasteiger partial charge < -0.3 is 14.7 Å². The number of amides is 1. The SMILES string of the molecule is CN1C(=O)COc2cccc(C(=O)O)c21. The van der Waals surface area contributed by atoms with E-state index in [0.29, 0.717) is 11.4 Å². The molecule has 0 aromatic heterocycles. The lowest BCUT2D eigenvalue weighted by Crippen LogP contribution is -2.36. The largest absolute Gasteiger partial charge is 0.482 e. The van der Waals surface area contributed by atoms with E-state index in [1.165, 1.54) is 18.0 Å². The van der Waals surface area contributed by atoms with Crippen LogP contribution in [-0.4, -0.2) is 30.6 Å². The Balaban J connectivity index is 2.62. The third kappa shape index (κ3) is 1.41. The molecule has 1 heterocycles. The van der Waals surface area contributed by atoms with Gasteiger partial charge in [0.1, 0.15) is 11.4 Å². The first kappa shape index (κ1) is 9.51. The summed E-state index contributed by atoms with van der Waals surface area (Å²) < 4.78 is 5.14. The molecule has 0 atom stereocenters. The standard InChI is InChI=1S/C10H9NO4/c1-11-8(12)5-15-7-4-2-3-6(9(7)11)10(13)14/h2-4H,5H2,1H3,(H,13,14). The van der Waals surface area contributed by atoms with Crippen LogP contribution in [0.2, 0.25) is 0 Å². The highest BCUT2D eigenvalue weighted by Gasteiger charge is 2.26. The Hall–Kier alpha value is -2.04. The average molecular weight is 207 g/mol. The zero-order chi connectivity index (χ0) is 11.0. The maximum atomic E-state index is 11.3. The van der Waals surface area contributed by atoms with E-state index in [2.05, 4.69) is 0 Å². The summed E-state index contributed by atoms with van der Waals surface area (Å²) in [5.74, 6) is -0.898. The topological polar surface area (TPSA) is 66.8 Å². The van der Waals surface area contributed by atoms with Gasteiger partial charge in [0, 0.05) is 7.05 Å². The molecular weight excluding hydrogens is 198 g/mol. The van der Waals surface area contributed by atoms with Gasteiger partial charge in [0.15, 0.2) is 6.61 Å². The van der Waals surface area contributed by atoms with Gasteiger partial charge in [0.2, 0.25) is 0 Å². The van der Waals surface area contributed by atoms with E-state index in [-0.39, 0.29) is 18.1 Å². The Morgan fingerprint density at radius 2 is 2.27 bits per heavy atom. The molecular formula is C10H9NO4. The van der Waals surface area contributed by atoms with Crippen LogP contribution < -0.4 is 9.64 Å². The molecule has 2 rings (SSSR count). The predicted octanol–water partition coefficient (Wildman–Crippen LogP) is 0.740. The second-order valence-electron chi connectivity index (χ2n) is 3.20. The molecule has 1 aromatic carbocycles. The van der Waals surface area contributed by atoms with Gasteiger partial charge in [0.25, 0.3) is 5.91 Å².